The highest BCUT2D eigenvalue weighted by atomic mass is 16.7. The van der Waals surface area contributed by atoms with E-state index in [0.29, 0.717) is 0 Å². The summed E-state index contributed by atoms with van der Waals surface area (Å²) in [5, 5.41) is 36.7. The number of hydrogen-bond acceptors (Lipinski definition) is 7. The summed E-state index contributed by atoms with van der Waals surface area (Å²) in [4.78, 5) is 10.6. The Balaban J connectivity index is 2.65. The second kappa shape index (κ2) is 4.86. The molecule has 0 radical (unpaired) electrons. The van der Waals surface area contributed by atoms with Crippen LogP contribution in [0.25, 0.3) is 0 Å². The second-order valence-electron chi connectivity index (χ2n) is 3.31. The molecule has 0 aliphatic carbocycles. The molecule has 0 aromatic heterocycles. The van der Waals surface area contributed by atoms with E-state index in [1.165, 1.54) is 0 Å². The lowest BCUT2D eigenvalue weighted by molar-refractivity contribution is -0.173. The van der Waals surface area contributed by atoms with Gasteiger partial charge < -0.3 is 29.9 Å². The van der Waals surface area contributed by atoms with Crippen LogP contribution >= 0.6 is 0 Å². The molecule has 0 aromatic rings. The largest absolute Gasteiger partial charge is 0.454 e. The maximum atomic E-state index is 10.6. The first kappa shape index (κ1) is 12.3. The van der Waals surface area contributed by atoms with Gasteiger partial charge in [0.05, 0.1) is 6.61 Å². The number of hydrogen-bond donors (Lipinski definition) is 4. The zero-order valence-electron chi connectivity index (χ0n) is 8.11. The summed E-state index contributed by atoms with van der Waals surface area (Å²) >= 11 is 0. The molecule has 0 unspecified atom stereocenters. The van der Waals surface area contributed by atoms with E-state index in [9.17, 15) is 20.1 Å². The zero-order valence-corrected chi connectivity index (χ0v) is 8.11. The molecular weight excluding hydrogens is 208 g/mol. The van der Waals surface area contributed by atoms with Gasteiger partial charge in [0.1, 0.15) is 18.3 Å². The molecule has 1 aliphatic heterocycles. The molecule has 0 amide bonds. The molecule has 5 atom stereocenters. The topological polar surface area (TPSA) is 116 Å². The summed E-state index contributed by atoms with van der Waals surface area (Å²) in [6.45, 7) is 0.497. The Morgan fingerprint density at radius 3 is 2.60 bits per heavy atom. The molecule has 1 saturated heterocycles. The van der Waals surface area contributed by atoms with Crippen molar-refractivity contribution >= 4 is 5.97 Å². The van der Waals surface area contributed by atoms with Gasteiger partial charge in [-0.15, -0.1) is 0 Å². The Bertz CT molecular complexity index is 231. The SMILES string of the molecule is CC(=O)O[C@@H]1[C@@H](O)[C@H]([C@H](O)CO)O[C@H]1O. The van der Waals surface area contributed by atoms with Gasteiger partial charge in [-0.3, -0.25) is 4.79 Å². The normalized spacial score (nSPS) is 37.7. The van der Waals surface area contributed by atoms with Crippen LogP contribution < -0.4 is 0 Å². The summed E-state index contributed by atoms with van der Waals surface area (Å²) < 4.78 is 9.36. The minimum absolute atomic E-state index is 0.624. The van der Waals surface area contributed by atoms with Gasteiger partial charge >= 0.3 is 5.97 Å². The average molecular weight is 222 g/mol. The van der Waals surface area contributed by atoms with Crippen LogP contribution in [0, 0.1) is 0 Å². The van der Waals surface area contributed by atoms with Gasteiger partial charge in [0.15, 0.2) is 12.4 Å². The van der Waals surface area contributed by atoms with Crippen molar-refractivity contribution in [2.24, 2.45) is 0 Å². The Labute approximate surface area is 85.9 Å². The minimum atomic E-state index is -1.50. The average Bonchev–Trinajstić information content (AvgIpc) is 2.44. The van der Waals surface area contributed by atoms with Crippen LogP contribution in [-0.4, -0.2) is 63.7 Å². The van der Waals surface area contributed by atoms with E-state index in [1.807, 2.05) is 0 Å². The van der Waals surface area contributed by atoms with Crippen LogP contribution in [0.2, 0.25) is 0 Å². The third-order valence-electron chi connectivity index (χ3n) is 2.12. The van der Waals surface area contributed by atoms with Gasteiger partial charge in [-0.2, -0.15) is 0 Å². The molecule has 1 fully saturated rings. The Kier molecular flexibility index (Phi) is 4.00. The molecule has 0 spiro atoms. The van der Waals surface area contributed by atoms with Crippen molar-refractivity contribution in [3.05, 3.63) is 0 Å². The molecule has 88 valence electrons. The molecular formula is C8H14O7. The molecule has 7 nitrogen and oxygen atoms in total. The van der Waals surface area contributed by atoms with E-state index >= 15 is 0 Å². The number of rotatable bonds is 3. The minimum Gasteiger partial charge on any atom is -0.454 e. The van der Waals surface area contributed by atoms with Gasteiger partial charge in [-0.1, -0.05) is 0 Å². The van der Waals surface area contributed by atoms with Crippen LogP contribution in [0.3, 0.4) is 0 Å². The van der Waals surface area contributed by atoms with E-state index in [1.54, 1.807) is 0 Å². The first-order valence-corrected chi connectivity index (χ1v) is 4.45. The first-order chi connectivity index (χ1) is 6.97. The van der Waals surface area contributed by atoms with Crippen molar-refractivity contribution in [1.29, 1.82) is 0 Å². The summed E-state index contributed by atoms with van der Waals surface area (Å²) in [5.41, 5.74) is 0. The van der Waals surface area contributed by atoms with Gasteiger partial charge in [-0.25, -0.2) is 0 Å². The van der Waals surface area contributed by atoms with Crippen LogP contribution in [0.1, 0.15) is 6.92 Å². The molecule has 0 bridgehead atoms. The van der Waals surface area contributed by atoms with Crippen LogP contribution in [0.15, 0.2) is 0 Å². The van der Waals surface area contributed by atoms with E-state index in [-0.39, 0.29) is 0 Å². The van der Waals surface area contributed by atoms with Crippen molar-refractivity contribution in [2.45, 2.75) is 37.6 Å². The highest BCUT2D eigenvalue weighted by Crippen LogP contribution is 2.24. The highest BCUT2D eigenvalue weighted by molar-refractivity contribution is 5.66. The third-order valence-corrected chi connectivity index (χ3v) is 2.12. The number of aliphatic hydroxyl groups excluding tert-OH is 4. The fraction of sp³-hybridized carbons (Fsp3) is 0.875. The summed E-state index contributed by atoms with van der Waals surface area (Å²) in [5.74, 6) is -0.680. The predicted molar refractivity (Wildman–Crippen MR) is 45.5 cm³/mol. The lowest BCUT2D eigenvalue weighted by Gasteiger charge is -2.19. The van der Waals surface area contributed by atoms with Crippen molar-refractivity contribution in [1.82, 2.24) is 0 Å². The lowest BCUT2D eigenvalue weighted by Crippen LogP contribution is -2.42. The third kappa shape index (κ3) is 2.64. The summed E-state index contributed by atoms with van der Waals surface area (Å²) in [7, 11) is 0. The van der Waals surface area contributed by atoms with Crippen LogP contribution in [-0.2, 0) is 14.3 Å². The van der Waals surface area contributed by atoms with Crippen LogP contribution in [0.5, 0.6) is 0 Å². The molecule has 1 aliphatic rings. The molecule has 1 rings (SSSR count). The number of aliphatic hydroxyl groups is 4. The smallest absolute Gasteiger partial charge is 0.303 e. The van der Waals surface area contributed by atoms with Crippen LogP contribution in [0.4, 0.5) is 0 Å². The molecule has 0 aromatic carbocycles. The molecule has 1 heterocycles. The zero-order chi connectivity index (χ0) is 11.6. The summed E-state index contributed by atoms with van der Waals surface area (Å²) in [6, 6.07) is 0. The maximum Gasteiger partial charge on any atom is 0.303 e. The molecule has 7 heteroatoms. The maximum absolute atomic E-state index is 10.6. The lowest BCUT2D eigenvalue weighted by atomic mass is 10.1. The molecule has 4 N–H and O–H groups in total. The molecule has 0 saturated carbocycles. The van der Waals surface area contributed by atoms with Gasteiger partial charge in [-0.05, 0) is 0 Å². The Morgan fingerprint density at radius 2 is 2.13 bits per heavy atom. The second-order valence-corrected chi connectivity index (χ2v) is 3.31. The molecule has 15 heavy (non-hydrogen) atoms. The first-order valence-electron chi connectivity index (χ1n) is 4.45. The number of carbonyl (C=O) groups is 1. The van der Waals surface area contributed by atoms with E-state index in [0.717, 1.165) is 6.92 Å². The number of carbonyl (C=O) groups excluding carboxylic acids is 1. The number of esters is 1. The van der Waals surface area contributed by atoms with E-state index < -0.39 is 43.3 Å². The Hall–Kier alpha value is -0.730. The standard InChI is InChI=1S/C8H14O7/c1-3(10)14-7-5(12)6(4(11)2-9)15-8(7)13/h4-9,11-13H,2H2,1H3/t4-,5+,6+,7-,8-/m1/s1. The number of ether oxygens (including phenoxy) is 2. The monoisotopic (exact) mass is 222 g/mol. The highest BCUT2D eigenvalue weighted by Gasteiger charge is 2.47. The van der Waals surface area contributed by atoms with Gasteiger partial charge in [0.25, 0.3) is 0 Å². The van der Waals surface area contributed by atoms with Gasteiger partial charge in [0, 0.05) is 6.92 Å². The Morgan fingerprint density at radius 1 is 1.53 bits per heavy atom. The quantitative estimate of drug-likeness (QED) is 0.385. The predicted octanol–water partition coefficient (Wildman–Crippen LogP) is -2.65. The fourth-order valence-corrected chi connectivity index (χ4v) is 1.42. The van der Waals surface area contributed by atoms with Crippen molar-refractivity contribution in [3.8, 4) is 0 Å². The fourth-order valence-electron chi connectivity index (χ4n) is 1.42. The van der Waals surface area contributed by atoms with Gasteiger partial charge in [0.2, 0.25) is 0 Å². The van der Waals surface area contributed by atoms with E-state index in [4.69, 9.17) is 9.84 Å². The van der Waals surface area contributed by atoms with Crippen molar-refractivity contribution in [3.63, 3.8) is 0 Å². The summed E-state index contributed by atoms with van der Waals surface area (Å²) in [6.07, 6.45) is -6.63. The van der Waals surface area contributed by atoms with Crippen molar-refractivity contribution in [2.75, 3.05) is 6.61 Å². The van der Waals surface area contributed by atoms with Crippen molar-refractivity contribution < 1.29 is 34.7 Å². The van der Waals surface area contributed by atoms with E-state index in [2.05, 4.69) is 4.74 Å².